The largest absolute Gasteiger partial charge is 0.304 e. The van der Waals surface area contributed by atoms with E-state index in [1.165, 1.54) is 19.3 Å². The van der Waals surface area contributed by atoms with Crippen molar-refractivity contribution in [3.05, 3.63) is 10.6 Å². The first-order chi connectivity index (χ1) is 6.17. The average molecular weight is 197 g/mol. The average Bonchev–Trinajstić information content (AvgIpc) is 2.84. The second-order valence-electron chi connectivity index (χ2n) is 4.02. The summed E-state index contributed by atoms with van der Waals surface area (Å²) in [6, 6.07) is 0. The topological polar surface area (TPSA) is 33.6 Å². The summed E-state index contributed by atoms with van der Waals surface area (Å²) in [6.45, 7) is 5.30. The molecule has 13 heavy (non-hydrogen) atoms. The van der Waals surface area contributed by atoms with Crippen molar-refractivity contribution in [2.75, 3.05) is 0 Å². The predicted molar refractivity (Wildman–Crippen MR) is 54.1 cm³/mol. The summed E-state index contributed by atoms with van der Waals surface area (Å²) in [7, 11) is 0. The van der Waals surface area contributed by atoms with Gasteiger partial charge in [0.1, 0.15) is 5.82 Å². The van der Waals surface area contributed by atoms with E-state index in [4.69, 9.17) is 12.2 Å². The Bertz CT molecular complexity index is 359. The smallest absolute Gasteiger partial charge is 0.195 e. The molecule has 72 valence electrons. The molecular weight excluding hydrogens is 182 g/mol. The lowest BCUT2D eigenvalue weighted by Crippen LogP contribution is -2.12. The summed E-state index contributed by atoms with van der Waals surface area (Å²) in [4.78, 5) is 0. The van der Waals surface area contributed by atoms with Gasteiger partial charge in [-0.15, -0.1) is 0 Å². The Labute approximate surface area is 83.2 Å². The molecule has 0 saturated heterocycles. The molecule has 0 spiro atoms. The van der Waals surface area contributed by atoms with Crippen LogP contribution >= 0.6 is 12.2 Å². The molecule has 1 saturated carbocycles. The molecule has 4 heteroatoms. The minimum Gasteiger partial charge on any atom is -0.304 e. The van der Waals surface area contributed by atoms with Gasteiger partial charge in [0.05, 0.1) is 0 Å². The SMILES string of the molecule is CCC1(Cn2c(C)n[nH]c2=S)CC1. The number of H-pyrrole nitrogens is 1. The van der Waals surface area contributed by atoms with Crippen molar-refractivity contribution in [2.24, 2.45) is 5.41 Å². The van der Waals surface area contributed by atoms with E-state index in [2.05, 4.69) is 21.7 Å². The van der Waals surface area contributed by atoms with E-state index < -0.39 is 0 Å². The molecule has 0 radical (unpaired) electrons. The van der Waals surface area contributed by atoms with Crippen LogP contribution in [0.5, 0.6) is 0 Å². The molecule has 1 N–H and O–H groups in total. The highest BCUT2D eigenvalue weighted by Crippen LogP contribution is 2.50. The van der Waals surface area contributed by atoms with Crippen LogP contribution in [-0.4, -0.2) is 14.8 Å². The van der Waals surface area contributed by atoms with Gasteiger partial charge in [-0.2, -0.15) is 5.10 Å². The Morgan fingerprint density at radius 1 is 1.62 bits per heavy atom. The standard InChI is InChI=1S/C9H15N3S/c1-3-9(4-5-9)6-12-7(2)10-11-8(12)13/h3-6H2,1-2H3,(H,11,13). The van der Waals surface area contributed by atoms with Crippen molar-refractivity contribution in [3.8, 4) is 0 Å². The Kier molecular flexibility index (Phi) is 2.02. The van der Waals surface area contributed by atoms with Crippen molar-refractivity contribution < 1.29 is 0 Å². The first-order valence-electron chi connectivity index (χ1n) is 4.79. The van der Waals surface area contributed by atoms with Crippen LogP contribution in [0.25, 0.3) is 0 Å². The third-order valence-electron chi connectivity index (χ3n) is 3.15. The van der Waals surface area contributed by atoms with Gasteiger partial charge in [0, 0.05) is 6.54 Å². The van der Waals surface area contributed by atoms with E-state index in [9.17, 15) is 0 Å². The van der Waals surface area contributed by atoms with Crippen LogP contribution in [-0.2, 0) is 6.54 Å². The van der Waals surface area contributed by atoms with E-state index in [1.54, 1.807) is 0 Å². The van der Waals surface area contributed by atoms with Crippen LogP contribution in [0.1, 0.15) is 32.0 Å². The number of hydrogen-bond acceptors (Lipinski definition) is 2. The first kappa shape index (κ1) is 8.94. The fourth-order valence-corrected chi connectivity index (χ4v) is 1.96. The lowest BCUT2D eigenvalue weighted by molar-refractivity contribution is 0.401. The van der Waals surface area contributed by atoms with E-state index in [-0.39, 0.29) is 0 Å². The molecule has 0 aromatic carbocycles. The maximum atomic E-state index is 5.16. The molecule has 3 nitrogen and oxygen atoms in total. The fourth-order valence-electron chi connectivity index (χ4n) is 1.72. The Balaban J connectivity index is 2.22. The molecule has 1 fully saturated rings. The fraction of sp³-hybridized carbons (Fsp3) is 0.778. The number of aromatic nitrogens is 3. The van der Waals surface area contributed by atoms with Crippen molar-refractivity contribution in [2.45, 2.75) is 39.7 Å². The van der Waals surface area contributed by atoms with Crippen LogP contribution in [0.2, 0.25) is 0 Å². The Morgan fingerprint density at radius 2 is 2.31 bits per heavy atom. The van der Waals surface area contributed by atoms with Gasteiger partial charge in [0.15, 0.2) is 4.77 Å². The van der Waals surface area contributed by atoms with Gasteiger partial charge in [-0.3, -0.25) is 5.10 Å². The van der Waals surface area contributed by atoms with Crippen LogP contribution in [0.4, 0.5) is 0 Å². The third-order valence-corrected chi connectivity index (χ3v) is 3.46. The summed E-state index contributed by atoms with van der Waals surface area (Å²) in [6.07, 6.45) is 3.94. The Morgan fingerprint density at radius 3 is 2.69 bits per heavy atom. The van der Waals surface area contributed by atoms with Gasteiger partial charge in [-0.1, -0.05) is 6.92 Å². The molecule has 1 aromatic rings. The zero-order valence-electron chi connectivity index (χ0n) is 8.13. The Hall–Kier alpha value is -0.640. The normalized spacial score (nSPS) is 18.9. The number of aromatic amines is 1. The monoisotopic (exact) mass is 197 g/mol. The van der Waals surface area contributed by atoms with Gasteiger partial charge in [0.2, 0.25) is 0 Å². The number of aryl methyl sites for hydroxylation is 1. The minimum atomic E-state index is 0.535. The molecule has 0 aliphatic heterocycles. The number of rotatable bonds is 3. The highest BCUT2D eigenvalue weighted by molar-refractivity contribution is 7.71. The number of nitrogens with zero attached hydrogens (tertiary/aromatic N) is 2. The summed E-state index contributed by atoms with van der Waals surface area (Å²) in [5, 5.41) is 6.94. The van der Waals surface area contributed by atoms with Crippen LogP contribution < -0.4 is 0 Å². The lowest BCUT2D eigenvalue weighted by Gasteiger charge is -2.13. The molecule has 0 atom stereocenters. The lowest BCUT2D eigenvalue weighted by atomic mass is 10.0. The summed E-state index contributed by atoms with van der Waals surface area (Å²) >= 11 is 5.16. The molecule has 0 bridgehead atoms. The quantitative estimate of drug-likeness (QED) is 0.755. The van der Waals surface area contributed by atoms with Crippen LogP contribution in [0, 0.1) is 17.1 Å². The summed E-state index contributed by atoms with van der Waals surface area (Å²) in [5.41, 5.74) is 0.535. The highest BCUT2D eigenvalue weighted by atomic mass is 32.1. The van der Waals surface area contributed by atoms with E-state index in [1.807, 2.05) is 6.92 Å². The number of nitrogens with one attached hydrogen (secondary N) is 1. The van der Waals surface area contributed by atoms with Gasteiger partial charge < -0.3 is 4.57 Å². The van der Waals surface area contributed by atoms with Crippen molar-refractivity contribution in [3.63, 3.8) is 0 Å². The van der Waals surface area contributed by atoms with Crippen molar-refractivity contribution in [1.82, 2.24) is 14.8 Å². The van der Waals surface area contributed by atoms with Gasteiger partial charge in [0.25, 0.3) is 0 Å². The second-order valence-corrected chi connectivity index (χ2v) is 4.40. The van der Waals surface area contributed by atoms with Crippen molar-refractivity contribution in [1.29, 1.82) is 0 Å². The predicted octanol–water partition coefficient (Wildman–Crippen LogP) is 2.44. The zero-order valence-corrected chi connectivity index (χ0v) is 8.95. The first-order valence-corrected chi connectivity index (χ1v) is 5.19. The number of hydrogen-bond donors (Lipinski definition) is 1. The molecule has 1 aliphatic rings. The van der Waals surface area contributed by atoms with E-state index >= 15 is 0 Å². The maximum absolute atomic E-state index is 5.16. The molecule has 0 amide bonds. The van der Waals surface area contributed by atoms with Gasteiger partial charge >= 0.3 is 0 Å². The summed E-state index contributed by atoms with van der Waals surface area (Å²) in [5.74, 6) is 1.00. The van der Waals surface area contributed by atoms with Gasteiger partial charge in [-0.05, 0) is 43.8 Å². The molecule has 1 heterocycles. The molecule has 1 aliphatic carbocycles. The van der Waals surface area contributed by atoms with Crippen molar-refractivity contribution >= 4 is 12.2 Å². The van der Waals surface area contributed by atoms with Crippen LogP contribution in [0.3, 0.4) is 0 Å². The molecule has 1 aromatic heterocycles. The van der Waals surface area contributed by atoms with Gasteiger partial charge in [-0.25, -0.2) is 0 Å². The molecular formula is C9H15N3S. The summed E-state index contributed by atoms with van der Waals surface area (Å²) < 4.78 is 2.88. The minimum absolute atomic E-state index is 0.535. The third kappa shape index (κ3) is 1.55. The maximum Gasteiger partial charge on any atom is 0.195 e. The second kappa shape index (κ2) is 2.94. The van der Waals surface area contributed by atoms with Crippen LogP contribution in [0.15, 0.2) is 0 Å². The zero-order chi connectivity index (χ0) is 9.47. The highest BCUT2D eigenvalue weighted by Gasteiger charge is 2.41. The molecule has 2 rings (SSSR count). The van der Waals surface area contributed by atoms with E-state index in [0.717, 1.165) is 17.1 Å². The molecule has 0 unspecified atom stereocenters. The van der Waals surface area contributed by atoms with E-state index in [0.29, 0.717) is 5.41 Å².